The minimum absolute atomic E-state index is 0.0539. The van der Waals surface area contributed by atoms with Crippen molar-refractivity contribution in [3.8, 4) is 0 Å². The van der Waals surface area contributed by atoms with Crippen LogP contribution < -0.4 is 9.58 Å². The molecule has 8 nitrogen and oxygen atoms in total. The number of carbonyl (C=O) groups is 2. The van der Waals surface area contributed by atoms with Crippen LogP contribution in [0.5, 0.6) is 0 Å². The van der Waals surface area contributed by atoms with Crippen molar-refractivity contribution >= 4 is 29.2 Å². The predicted molar refractivity (Wildman–Crippen MR) is 106 cm³/mol. The molecule has 0 aliphatic carbocycles. The summed E-state index contributed by atoms with van der Waals surface area (Å²) in [6.07, 6.45) is 3.97. The summed E-state index contributed by atoms with van der Waals surface area (Å²) in [5.74, 6) is 0.489. The standard InChI is InChI=1S/C20H20ClN5O3/c1-13-17(14(2)29-23-13)11-25-10-16(9-22-25)26-19(27)12-24(20(26)28)8-7-15-5-3-4-6-18(15)21/h3-6,9-10H,7-8,11-12H2,1-2H3/p+1. The summed E-state index contributed by atoms with van der Waals surface area (Å²) in [5.41, 5.74) is 3.23. The maximum Gasteiger partial charge on any atom is 0.332 e. The van der Waals surface area contributed by atoms with E-state index in [2.05, 4.69) is 10.3 Å². The number of benzene rings is 1. The Morgan fingerprint density at radius 2 is 2.07 bits per heavy atom. The normalized spacial score (nSPS) is 14.3. The van der Waals surface area contributed by atoms with Crippen LogP contribution in [0.1, 0.15) is 22.6 Å². The Labute approximate surface area is 172 Å². The number of aromatic amines is 1. The molecule has 1 aliphatic heterocycles. The molecule has 150 valence electrons. The molecule has 1 aliphatic rings. The maximum atomic E-state index is 12.8. The first-order valence-electron chi connectivity index (χ1n) is 9.29. The smallest absolute Gasteiger partial charge is 0.332 e. The number of rotatable bonds is 6. The van der Waals surface area contributed by atoms with Crippen molar-refractivity contribution in [1.29, 1.82) is 0 Å². The zero-order valence-electron chi connectivity index (χ0n) is 16.2. The molecule has 0 saturated carbocycles. The van der Waals surface area contributed by atoms with Crippen LogP contribution in [0.4, 0.5) is 10.5 Å². The monoisotopic (exact) mass is 414 g/mol. The van der Waals surface area contributed by atoms with E-state index < -0.39 is 0 Å². The van der Waals surface area contributed by atoms with Gasteiger partial charge in [-0.1, -0.05) is 35.0 Å². The van der Waals surface area contributed by atoms with E-state index in [9.17, 15) is 9.59 Å². The first kappa shape index (κ1) is 19.2. The summed E-state index contributed by atoms with van der Waals surface area (Å²) in [4.78, 5) is 28.0. The van der Waals surface area contributed by atoms with Gasteiger partial charge in [0, 0.05) is 11.6 Å². The number of amides is 3. The summed E-state index contributed by atoms with van der Waals surface area (Å²) in [6.45, 7) is 4.71. The molecule has 1 fully saturated rings. The Balaban J connectivity index is 1.45. The number of aryl methyl sites for hydroxylation is 2. The van der Waals surface area contributed by atoms with Crippen LogP contribution in [0, 0.1) is 13.8 Å². The molecular weight excluding hydrogens is 394 g/mol. The SMILES string of the molecule is Cc1noc(C)c1C[n+]1cc(N2C(=O)CN(CCc3ccccc3Cl)C2=O)c[nH]1. The van der Waals surface area contributed by atoms with Gasteiger partial charge < -0.3 is 9.42 Å². The van der Waals surface area contributed by atoms with Crippen molar-refractivity contribution < 1.29 is 18.8 Å². The van der Waals surface area contributed by atoms with Gasteiger partial charge in [-0.05, 0) is 31.9 Å². The van der Waals surface area contributed by atoms with Crippen LogP contribution >= 0.6 is 11.6 Å². The van der Waals surface area contributed by atoms with E-state index in [-0.39, 0.29) is 18.5 Å². The van der Waals surface area contributed by atoms with Gasteiger partial charge in [-0.15, -0.1) is 4.68 Å². The lowest BCUT2D eigenvalue weighted by Gasteiger charge is -2.15. The first-order valence-corrected chi connectivity index (χ1v) is 9.66. The zero-order valence-corrected chi connectivity index (χ0v) is 16.9. The molecule has 9 heteroatoms. The van der Waals surface area contributed by atoms with Gasteiger partial charge in [0.15, 0.2) is 0 Å². The molecule has 2 aromatic heterocycles. The Kier molecular flexibility index (Phi) is 5.10. The predicted octanol–water partition coefficient (Wildman–Crippen LogP) is 2.62. The Morgan fingerprint density at radius 3 is 2.79 bits per heavy atom. The third-order valence-corrected chi connectivity index (χ3v) is 5.45. The second-order valence-corrected chi connectivity index (χ2v) is 7.44. The molecule has 1 aromatic carbocycles. The van der Waals surface area contributed by atoms with Crippen molar-refractivity contribution in [1.82, 2.24) is 15.2 Å². The van der Waals surface area contributed by atoms with E-state index >= 15 is 0 Å². The Bertz CT molecular complexity index is 1050. The number of nitrogens with one attached hydrogen (secondary N) is 1. The van der Waals surface area contributed by atoms with Gasteiger partial charge in [-0.2, -0.15) is 5.10 Å². The number of aromatic nitrogens is 3. The molecule has 0 unspecified atom stereocenters. The number of anilines is 1. The topological polar surface area (TPSA) is 86.3 Å². The summed E-state index contributed by atoms with van der Waals surface area (Å²) >= 11 is 6.18. The first-order chi connectivity index (χ1) is 13.9. The summed E-state index contributed by atoms with van der Waals surface area (Å²) in [5, 5.41) is 7.67. The molecule has 3 heterocycles. The molecule has 0 radical (unpaired) electrons. The summed E-state index contributed by atoms with van der Waals surface area (Å²) in [6, 6.07) is 7.18. The van der Waals surface area contributed by atoms with Gasteiger partial charge in [0.25, 0.3) is 5.91 Å². The average Bonchev–Trinajstić information content (AvgIpc) is 3.35. The van der Waals surface area contributed by atoms with Crippen molar-refractivity contribution in [3.05, 3.63) is 64.3 Å². The highest BCUT2D eigenvalue weighted by Gasteiger charge is 2.38. The lowest BCUT2D eigenvalue weighted by atomic mass is 10.1. The molecule has 1 saturated heterocycles. The molecule has 3 amide bonds. The second kappa shape index (κ2) is 7.71. The van der Waals surface area contributed by atoms with Crippen molar-refractivity contribution in [2.45, 2.75) is 26.8 Å². The van der Waals surface area contributed by atoms with E-state index in [0.717, 1.165) is 22.6 Å². The largest absolute Gasteiger partial charge is 0.361 e. The van der Waals surface area contributed by atoms with E-state index in [1.807, 2.05) is 38.1 Å². The molecule has 0 atom stereocenters. The number of hydrogen-bond acceptors (Lipinski definition) is 4. The zero-order chi connectivity index (χ0) is 20.5. The molecule has 1 N–H and O–H groups in total. The maximum absolute atomic E-state index is 12.8. The highest BCUT2D eigenvalue weighted by molar-refractivity contribution is 6.31. The molecule has 0 spiro atoms. The van der Waals surface area contributed by atoms with Gasteiger partial charge in [-0.25, -0.2) is 9.69 Å². The fraction of sp³-hybridized carbons (Fsp3) is 0.300. The van der Waals surface area contributed by atoms with Crippen LogP contribution in [-0.4, -0.2) is 40.2 Å². The van der Waals surface area contributed by atoms with Gasteiger partial charge in [-0.3, -0.25) is 4.79 Å². The number of imide groups is 1. The van der Waals surface area contributed by atoms with Gasteiger partial charge >= 0.3 is 6.03 Å². The average molecular weight is 415 g/mol. The number of hydrogen-bond donors (Lipinski definition) is 1. The minimum Gasteiger partial charge on any atom is -0.361 e. The van der Waals surface area contributed by atoms with E-state index in [4.69, 9.17) is 16.1 Å². The lowest BCUT2D eigenvalue weighted by Crippen LogP contribution is -2.37. The third kappa shape index (κ3) is 3.75. The van der Waals surface area contributed by atoms with Crippen LogP contribution in [0.25, 0.3) is 0 Å². The number of urea groups is 1. The van der Waals surface area contributed by atoms with Crippen molar-refractivity contribution in [3.63, 3.8) is 0 Å². The Hall–Kier alpha value is -3.13. The van der Waals surface area contributed by atoms with Crippen molar-refractivity contribution in [2.75, 3.05) is 18.0 Å². The summed E-state index contributed by atoms with van der Waals surface area (Å²) in [7, 11) is 0. The van der Waals surface area contributed by atoms with E-state index in [1.54, 1.807) is 17.1 Å². The molecule has 29 heavy (non-hydrogen) atoms. The van der Waals surface area contributed by atoms with Crippen LogP contribution in [-0.2, 0) is 17.8 Å². The Morgan fingerprint density at radius 1 is 1.28 bits per heavy atom. The van der Waals surface area contributed by atoms with E-state index in [0.29, 0.717) is 30.2 Å². The minimum atomic E-state index is -0.328. The molecule has 3 aromatic rings. The molecule has 0 bridgehead atoms. The number of carbonyl (C=O) groups excluding carboxylic acids is 2. The third-order valence-electron chi connectivity index (χ3n) is 5.08. The van der Waals surface area contributed by atoms with Crippen LogP contribution in [0.2, 0.25) is 5.02 Å². The fourth-order valence-electron chi connectivity index (χ4n) is 3.43. The number of halogens is 1. The molecule has 4 rings (SSSR count). The molecular formula is C20H21ClN5O3+. The van der Waals surface area contributed by atoms with E-state index in [1.165, 1.54) is 9.80 Å². The second-order valence-electron chi connectivity index (χ2n) is 7.03. The fourth-order valence-corrected chi connectivity index (χ4v) is 3.66. The van der Waals surface area contributed by atoms with Gasteiger partial charge in [0.2, 0.25) is 12.7 Å². The summed E-state index contributed by atoms with van der Waals surface area (Å²) < 4.78 is 6.97. The highest BCUT2D eigenvalue weighted by Crippen LogP contribution is 2.21. The quantitative estimate of drug-likeness (QED) is 0.496. The number of H-pyrrole nitrogens is 1. The van der Waals surface area contributed by atoms with Crippen molar-refractivity contribution in [2.24, 2.45) is 0 Å². The highest BCUT2D eigenvalue weighted by atomic mass is 35.5. The van der Waals surface area contributed by atoms with Gasteiger partial charge in [0.1, 0.15) is 18.0 Å². The van der Waals surface area contributed by atoms with Gasteiger partial charge in [0.05, 0.1) is 17.5 Å². The number of nitrogens with zero attached hydrogens (tertiary/aromatic N) is 4. The van der Waals surface area contributed by atoms with Crippen LogP contribution in [0.3, 0.4) is 0 Å². The lowest BCUT2D eigenvalue weighted by molar-refractivity contribution is -0.742. The van der Waals surface area contributed by atoms with Crippen LogP contribution in [0.15, 0.2) is 41.2 Å².